The number of tetrazole rings is 1. The average Bonchev–Trinajstić information content (AvgIpc) is 3.47. The quantitative estimate of drug-likeness (QED) is 0.389. The summed E-state index contributed by atoms with van der Waals surface area (Å²) in [5.74, 6) is 1.24. The Balaban J connectivity index is 1.63. The number of aromatic nitrogens is 6. The third-order valence-corrected chi connectivity index (χ3v) is 6.26. The Kier molecular flexibility index (Phi) is 6.87. The molecule has 33 heavy (non-hydrogen) atoms. The Morgan fingerprint density at radius 2 is 1.73 bits per heavy atom. The van der Waals surface area contributed by atoms with E-state index < -0.39 is 0 Å². The Bertz CT molecular complexity index is 1230. The first-order valence-electron chi connectivity index (χ1n) is 11.7. The Labute approximate surface area is 194 Å². The van der Waals surface area contributed by atoms with Crippen LogP contribution in [0.1, 0.15) is 57.8 Å². The molecule has 0 saturated heterocycles. The zero-order chi connectivity index (χ0) is 23.4. The van der Waals surface area contributed by atoms with E-state index in [4.69, 9.17) is 0 Å². The Morgan fingerprint density at radius 3 is 2.36 bits per heavy atom. The van der Waals surface area contributed by atoms with Crippen molar-refractivity contribution in [2.24, 2.45) is 5.92 Å². The second kappa shape index (κ2) is 9.98. The number of H-pyrrole nitrogens is 1. The number of aromatic amines is 1. The van der Waals surface area contributed by atoms with Crippen LogP contribution >= 0.6 is 0 Å². The second-order valence-corrected chi connectivity index (χ2v) is 9.08. The van der Waals surface area contributed by atoms with Crippen LogP contribution < -0.4 is 5.69 Å². The van der Waals surface area contributed by atoms with E-state index >= 15 is 0 Å². The van der Waals surface area contributed by atoms with E-state index in [0.29, 0.717) is 18.3 Å². The van der Waals surface area contributed by atoms with E-state index in [1.165, 1.54) is 0 Å². The SMILES string of the molecule is CCC(C)n1cc(CCC(C)C)n(Cc2ccc(-c3ccccc3-c3nnn[nH]3)cc2)c1=O. The number of hydrogen-bond acceptors (Lipinski definition) is 4. The number of nitrogens with one attached hydrogen (secondary N) is 1. The summed E-state index contributed by atoms with van der Waals surface area (Å²) in [7, 11) is 0. The molecule has 172 valence electrons. The maximum Gasteiger partial charge on any atom is 0.328 e. The molecule has 1 N–H and O–H groups in total. The van der Waals surface area contributed by atoms with Gasteiger partial charge in [0.05, 0.1) is 6.54 Å². The van der Waals surface area contributed by atoms with Crippen molar-refractivity contribution in [1.29, 1.82) is 0 Å². The van der Waals surface area contributed by atoms with Crippen LogP contribution in [0.15, 0.2) is 59.5 Å². The van der Waals surface area contributed by atoms with Crippen molar-refractivity contribution >= 4 is 0 Å². The van der Waals surface area contributed by atoms with Crippen LogP contribution in [-0.4, -0.2) is 29.8 Å². The van der Waals surface area contributed by atoms with E-state index in [-0.39, 0.29) is 11.7 Å². The number of rotatable bonds is 9. The third kappa shape index (κ3) is 4.97. The maximum absolute atomic E-state index is 13.2. The molecule has 0 spiro atoms. The molecular weight excluding hydrogens is 412 g/mol. The zero-order valence-corrected chi connectivity index (χ0v) is 19.8. The summed E-state index contributed by atoms with van der Waals surface area (Å²) in [6.45, 7) is 9.24. The molecular formula is C26H32N6O. The highest BCUT2D eigenvalue weighted by atomic mass is 16.1. The monoisotopic (exact) mass is 444 g/mol. The molecule has 0 bridgehead atoms. The molecule has 0 aliphatic carbocycles. The van der Waals surface area contributed by atoms with Gasteiger partial charge in [-0.05, 0) is 59.2 Å². The van der Waals surface area contributed by atoms with Crippen LogP contribution in [0, 0.1) is 5.92 Å². The molecule has 7 heteroatoms. The maximum atomic E-state index is 13.2. The highest BCUT2D eigenvalue weighted by Gasteiger charge is 2.16. The lowest BCUT2D eigenvalue weighted by Gasteiger charge is -2.11. The first kappa shape index (κ1) is 22.7. The van der Waals surface area contributed by atoms with Crippen LogP contribution in [0.3, 0.4) is 0 Å². The molecule has 7 nitrogen and oxygen atoms in total. The predicted octanol–water partition coefficient (Wildman–Crippen LogP) is 5.10. The van der Waals surface area contributed by atoms with Gasteiger partial charge < -0.3 is 0 Å². The van der Waals surface area contributed by atoms with E-state index in [1.807, 2.05) is 27.3 Å². The summed E-state index contributed by atoms with van der Waals surface area (Å²) >= 11 is 0. The number of hydrogen-bond donors (Lipinski definition) is 1. The fraction of sp³-hybridized carbons (Fsp3) is 0.385. The van der Waals surface area contributed by atoms with E-state index in [1.54, 1.807) is 0 Å². The third-order valence-electron chi connectivity index (χ3n) is 6.26. The lowest BCUT2D eigenvalue weighted by Crippen LogP contribution is -2.27. The molecule has 4 rings (SSSR count). The highest BCUT2D eigenvalue weighted by Crippen LogP contribution is 2.29. The van der Waals surface area contributed by atoms with Crippen molar-refractivity contribution in [3.05, 3.63) is 76.5 Å². The highest BCUT2D eigenvalue weighted by molar-refractivity contribution is 5.80. The largest absolute Gasteiger partial charge is 0.328 e. The van der Waals surface area contributed by atoms with Crippen molar-refractivity contribution in [3.8, 4) is 22.5 Å². The lowest BCUT2D eigenvalue weighted by molar-refractivity contribution is 0.504. The molecule has 1 atom stereocenters. The van der Waals surface area contributed by atoms with E-state index in [0.717, 1.165) is 47.2 Å². The minimum atomic E-state index is 0.0790. The van der Waals surface area contributed by atoms with Gasteiger partial charge in [0.15, 0.2) is 5.82 Å². The standard InChI is InChI=1S/C26H32N6O/c1-5-19(4)31-17-22(15-10-18(2)3)32(26(31)33)16-20-11-13-21(14-12-20)23-8-6-7-9-24(23)25-27-29-30-28-25/h6-9,11-14,17-19H,5,10,15-16H2,1-4H3,(H,27,28,29,30). The van der Waals surface area contributed by atoms with Gasteiger partial charge in [0.2, 0.25) is 0 Å². The van der Waals surface area contributed by atoms with Crippen LogP contribution in [0.5, 0.6) is 0 Å². The first-order valence-corrected chi connectivity index (χ1v) is 11.7. The summed E-state index contributed by atoms with van der Waals surface area (Å²) in [5, 5.41) is 14.3. The predicted molar refractivity (Wildman–Crippen MR) is 131 cm³/mol. The molecule has 0 aliphatic rings. The van der Waals surface area contributed by atoms with Crippen LogP contribution in [-0.2, 0) is 13.0 Å². The Hall–Kier alpha value is -3.48. The molecule has 0 aliphatic heterocycles. The fourth-order valence-electron chi connectivity index (χ4n) is 4.05. The van der Waals surface area contributed by atoms with Crippen LogP contribution in [0.2, 0.25) is 0 Å². The normalized spacial score (nSPS) is 12.4. The van der Waals surface area contributed by atoms with Crippen LogP contribution in [0.25, 0.3) is 22.5 Å². The van der Waals surface area contributed by atoms with Gasteiger partial charge in [-0.1, -0.05) is 69.3 Å². The summed E-state index contributed by atoms with van der Waals surface area (Å²) < 4.78 is 3.84. The number of aryl methyl sites for hydroxylation is 1. The van der Waals surface area contributed by atoms with Gasteiger partial charge in [0.25, 0.3) is 0 Å². The molecule has 2 aromatic heterocycles. The molecule has 2 aromatic carbocycles. The summed E-state index contributed by atoms with van der Waals surface area (Å²) in [4.78, 5) is 13.2. The topological polar surface area (TPSA) is 81.4 Å². The van der Waals surface area contributed by atoms with Crippen LogP contribution in [0.4, 0.5) is 0 Å². The second-order valence-electron chi connectivity index (χ2n) is 9.08. The molecule has 0 saturated carbocycles. The van der Waals surface area contributed by atoms with E-state index in [9.17, 15) is 4.79 Å². The van der Waals surface area contributed by atoms with Gasteiger partial charge in [-0.2, -0.15) is 0 Å². The van der Waals surface area contributed by atoms with Gasteiger partial charge in [-0.25, -0.2) is 9.89 Å². The molecule has 2 heterocycles. The summed E-state index contributed by atoms with van der Waals surface area (Å²) in [6.07, 6.45) is 4.97. The Morgan fingerprint density at radius 1 is 1.00 bits per heavy atom. The minimum Gasteiger partial charge on any atom is -0.296 e. The number of benzene rings is 2. The molecule has 4 aromatic rings. The smallest absolute Gasteiger partial charge is 0.296 e. The number of nitrogens with zero attached hydrogens (tertiary/aromatic N) is 5. The summed E-state index contributed by atoms with van der Waals surface area (Å²) in [6, 6.07) is 16.6. The van der Waals surface area contributed by atoms with Gasteiger partial charge in [-0.3, -0.25) is 9.13 Å². The number of imidazole rings is 1. The molecule has 0 radical (unpaired) electrons. The fourth-order valence-corrected chi connectivity index (χ4v) is 4.05. The summed E-state index contributed by atoms with van der Waals surface area (Å²) in [5.41, 5.74) is 5.38. The van der Waals surface area contributed by atoms with E-state index in [2.05, 4.69) is 84.8 Å². The van der Waals surface area contributed by atoms with Gasteiger partial charge in [-0.15, -0.1) is 5.10 Å². The lowest BCUT2D eigenvalue weighted by atomic mass is 9.98. The van der Waals surface area contributed by atoms with Gasteiger partial charge in [0, 0.05) is 23.5 Å². The van der Waals surface area contributed by atoms with Crippen molar-refractivity contribution in [1.82, 2.24) is 29.8 Å². The minimum absolute atomic E-state index is 0.0790. The zero-order valence-electron chi connectivity index (χ0n) is 19.8. The van der Waals surface area contributed by atoms with Crippen molar-refractivity contribution < 1.29 is 0 Å². The van der Waals surface area contributed by atoms with Gasteiger partial charge in [0.1, 0.15) is 0 Å². The first-order chi connectivity index (χ1) is 16.0. The molecule has 0 amide bonds. The molecule has 0 fully saturated rings. The van der Waals surface area contributed by atoms with Gasteiger partial charge >= 0.3 is 5.69 Å². The van der Waals surface area contributed by atoms with Crippen molar-refractivity contribution in [3.63, 3.8) is 0 Å². The average molecular weight is 445 g/mol. The molecule has 1 unspecified atom stereocenters. The van der Waals surface area contributed by atoms with Crippen molar-refractivity contribution in [2.45, 2.75) is 59.5 Å². The van der Waals surface area contributed by atoms with Crippen molar-refractivity contribution in [2.75, 3.05) is 0 Å².